The molecule has 0 N–H and O–H groups in total. The summed E-state index contributed by atoms with van der Waals surface area (Å²) in [4.78, 5) is 9.14. The summed E-state index contributed by atoms with van der Waals surface area (Å²) in [6.07, 6.45) is 1.79. The molecule has 2 aromatic carbocycles. The van der Waals surface area contributed by atoms with Crippen molar-refractivity contribution in [1.29, 1.82) is 0 Å². The van der Waals surface area contributed by atoms with Gasteiger partial charge in [-0.05, 0) is 31.2 Å². The van der Waals surface area contributed by atoms with Crippen LogP contribution in [-0.4, -0.2) is 9.97 Å². The largest absolute Gasteiger partial charge is 0.439 e. The second-order valence-corrected chi connectivity index (χ2v) is 5.66. The number of pyridine rings is 2. The number of ether oxygens (including phenoxy) is 1. The zero-order valence-corrected chi connectivity index (χ0v) is 13.3. The van der Waals surface area contributed by atoms with Crippen LogP contribution in [0.2, 0.25) is 0 Å². The lowest BCUT2D eigenvalue weighted by Crippen LogP contribution is -1.91. The second kappa shape index (κ2) is 6.13. The zero-order chi connectivity index (χ0) is 16.4. The normalized spacial score (nSPS) is 10.7. The van der Waals surface area contributed by atoms with Gasteiger partial charge in [0.15, 0.2) is 0 Å². The Kier molecular flexibility index (Phi) is 3.67. The summed E-state index contributed by atoms with van der Waals surface area (Å²) in [5, 5.41) is 1.01. The van der Waals surface area contributed by atoms with Crippen LogP contribution < -0.4 is 4.74 Å². The van der Waals surface area contributed by atoms with Crippen LogP contribution in [-0.2, 0) is 0 Å². The highest BCUT2D eigenvalue weighted by molar-refractivity contribution is 5.92. The molecule has 0 aliphatic heterocycles. The van der Waals surface area contributed by atoms with Gasteiger partial charge in [0.25, 0.3) is 0 Å². The van der Waals surface area contributed by atoms with Crippen LogP contribution >= 0.6 is 0 Å². The number of rotatable bonds is 3. The minimum atomic E-state index is 0.580. The number of fused-ring (bicyclic) bond motifs is 1. The molecule has 24 heavy (non-hydrogen) atoms. The van der Waals surface area contributed by atoms with E-state index in [0.717, 1.165) is 27.9 Å². The lowest BCUT2D eigenvalue weighted by atomic mass is 10.1. The first-order valence-electron chi connectivity index (χ1n) is 7.85. The maximum atomic E-state index is 5.86. The molecule has 116 valence electrons. The number of hydrogen-bond donors (Lipinski definition) is 0. The van der Waals surface area contributed by atoms with Crippen LogP contribution in [0.1, 0.15) is 5.56 Å². The molecule has 0 spiro atoms. The average Bonchev–Trinajstić information content (AvgIpc) is 2.64. The summed E-state index contributed by atoms with van der Waals surface area (Å²) in [7, 11) is 0. The van der Waals surface area contributed by atoms with Crippen LogP contribution in [0.5, 0.6) is 11.6 Å². The van der Waals surface area contributed by atoms with Gasteiger partial charge in [0.05, 0.1) is 11.2 Å². The fourth-order valence-corrected chi connectivity index (χ4v) is 2.65. The van der Waals surface area contributed by atoms with Gasteiger partial charge >= 0.3 is 0 Å². The Morgan fingerprint density at radius 1 is 0.792 bits per heavy atom. The summed E-state index contributed by atoms with van der Waals surface area (Å²) >= 11 is 0. The maximum Gasteiger partial charge on any atom is 0.219 e. The summed E-state index contributed by atoms with van der Waals surface area (Å²) in [6.45, 7) is 2.05. The first kappa shape index (κ1) is 14.4. The van der Waals surface area contributed by atoms with E-state index in [0.29, 0.717) is 5.88 Å². The lowest BCUT2D eigenvalue weighted by molar-refractivity contribution is 0.465. The molecule has 2 aromatic heterocycles. The van der Waals surface area contributed by atoms with Crippen molar-refractivity contribution in [3.05, 3.63) is 84.6 Å². The van der Waals surface area contributed by atoms with Crippen LogP contribution in [0.3, 0.4) is 0 Å². The van der Waals surface area contributed by atoms with E-state index in [1.54, 1.807) is 6.20 Å². The molecule has 3 heteroatoms. The molecule has 0 aliphatic carbocycles. The third-order valence-electron chi connectivity index (χ3n) is 3.88. The molecule has 0 atom stereocenters. The fourth-order valence-electron chi connectivity index (χ4n) is 2.65. The highest BCUT2D eigenvalue weighted by Crippen LogP contribution is 2.28. The van der Waals surface area contributed by atoms with Gasteiger partial charge in [-0.2, -0.15) is 0 Å². The van der Waals surface area contributed by atoms with E-state index in [9.17, 15) is 0 Å². The first-order valence-corrected chi connectivity index (χ1v) is 7.85. The van der Waals surface area contributed by atoms with E-state index in [2.05, 4.69) is 29.0 Å². The molecule has 0 amide bonds. The SMILES string of the molecule is Cc1ccc(Oc2ccc3c(-c4ccccc4)nccc3n2)cc1. The van der Waals surface area contributed by atoms with Gasteiger partial charge in [0, 0.05) is 23.2 Å². The monoisotopic (exact) mass is 312 g/mol. The summed E-state index contributed by atoms with van der Waals surface area (Å²) in [6, 6.07) is 23.9. The van der Waals surface area contributed by atoms with E-state index >= 15 is 0 Å². The third kappa shape index (κ3) is 2.84. The quantitative estimate of drug-likeness (QED) is 0.508. The van der Waals surface area contributed by atoms with Crippen LogP contribution in [0.4, 0.5) is 0 Å². The topological polar surface area (TPSA) is 35.0 Å². The average molecular weight is 312 g/mol. The zero-order valence-electron chi connectivity index (χ0n) is 13.3. The Morgan fingerprint density at radius 2 is 1.58 bits per heavy atom. The second-order valence-electron chi connectivity index (χ2n) is 5.66. The predicted octanol–water partition coefficient (Wildman–Crippen LogP) is 5.40. The summed E-state index contributed by atoms with van der Waals surface area (Å²) in [5.41, 5.74) is 4.08. The van der Waals surface area contributed by atoms with E-state index in [4.69, 9.17) is 4.74 Å². The third-order valence-corrected chi connectivity index (χ3v) is 3.88. The van der Waals surface area contributed by atoms with E-state index < -0.39 is 0 Å². The minimum absolute atomic E-state index is 0.580. The van der Waals surface area contributed by atoms with Crippen molar-refractivity contribution in [2.75, 3.05) is 0 Å². The molecule has 3 nitrogen and oxygen atoms in total. The van der Waals surface area contributed by atoms with E-state index in [1.807, 2.05) is 60.7 Å². The Morgan fingerprint density at radius 3 is 2.38 bits per heavy atom. The van der Waals surface area contributed by atoms with Crippen molar-refractivity contribution < 1.29 is 4.74 Å². The van der Waals surface area contributed by atoms with Crippen molar-refractivity contribution >= 4 is 10.9 Å². The molecule has 0 saturated carbocycles. The van der Waals surface area contributed by atoms with E-state index in [1.165, 1.54) is 5.56 Å². The van der Waals surface area contributed by atoms with Crippen molar-refractivity contribution in [2.24, 2.45) is 0 Å². The van der Waals surface area contributed by atoms with Gasteiger partial charge in [-0.25, -0.2) is 4.98 Å². The minimum Gasteiger partial charge on any atom is -0.439 e. The molecule has 4 aromatic rings. The van der Waals surface area contributed by atoms with E-state index in [-0.39, 0.29) is 0 Å². The van der Waals surface area contributed by atoms with Gasteiger partial charge in [-0.15, -0.1) is 0 Å². The lowest BCUT2D eigenvalue weighted by Gasteiger charge is -2.08. The Hall–Kier alpha value is -3.20. The molecule has 0 bridgehead atoms. The molecular weight excluding hydrogens is 296 g/mol. The molecule has 0 fully saturated rings. The molecule has 4 rings (SSSR count). The van der Waals surface area contributed by atoms with Crippen molar-refractivity contribution in [1.82, 2.24) is 9.97 Å². The number of aromatic nitrogens is 2. The van der Waals surface area contributed by atoms with Crippen molar-refractivity contribution in [3.8, 4) is 22.9 Å². The standard InChI is InChI=1S/C21H16N2O/c1-15-7-9-17(10-8-15)24-20-12-11-18-19(23-20)13-14-22-21(18)16-5-3-2-4-6-16/h2-14H,1H3. The Labute approximate surface area is 140 Å². The fraction of sp³-hybridized carbons (Fsp3) is 0.0476. The highest BCUT2D eigenvalue weighted by atomic mass is 16.5. The van der Waals surface area contributed by atoms with Gasteiger partial charge < -0.3 is 4.74 Å². The number of aryl methyl sites for hydroxylation is 1. The van der Waals surface area contributed by atoms with Gasteiger partial charge in [0.2, 0.25) is 5.88 Å². The molecule has 0 radical (unpaired) electrons. The summed E-state index contributed by atoms with van der Waals surface area (Å²) < 4.78 is 5.86. The molecule has 0 saturated heterocycles. The highest BCUT2D eigenvalue weighted by Gasteiger charge is 2.07. The van der Waals surface area contributed by atoms with Gasteiger partial charge in [0.1, 0.15) is 5.75 Å². The summed E-state index contributed by atoms with van der Waals surface area (Å²) in [5.74, 6) is 1.36. The number of nitrogens with zero attached hydrogens (tertiary/aromatic N) is 2. The van der Waals surface area contributed by atoms with Crippen molar-refractivity contribution in [3.63, 3.8) is 0 Å². The van der Waals surface area contributed by atoms with Crippen LogP contribution in [0, 0.1) is 6.92 Å². The maximum absolute atomic E-state index is 5.86. The Bertz CT molecular complexity index is 980. The van der Waals surface area contributed by atoms with Gasteiger partial charge in [-0.3, -0.25) is 4.98 Å². The Balaban J connectivity index is 1.73. The molecule has 2 heterocycles. The van der Waals surface area contributed by atoms with Crippen molar-refractivity contribution in [2.45, 2.75) is 6.92 Å². The number of hydrogen-bond acceptors (Lipinski definition) is 3. The van der Waals surface area contributed by atoms with Crippen LogP contribution in [0.25, 0.3) is 22.2 Å². The molecular formula is C21H16N2O. The predicted molar refractivity (Wildman–Crippen MR) is 96.2 cm³/mol. The smallest absolute Gasteiger partial charge is 0.219 e. The van der Waals surface area contributed by atoms with Crippen LogP contribution in [0.15, 0.2) is 79.0 Å². The first-order chi connectivity index (χ1) is 11.8. The van der Waals surface area contributed by atoms with Gasteiger partial charge in [-0.1, -0.05) is 48.0 Å². The molecule has 0 unspecified atom stereocenters. The molecule has 0 aliphatic rings. The number of benzene rings is 2.